The lowest BCUT2D eigenvalue weighted by molar-refractivity contribution is 1.13. The molecule has 3 aromatic rings. The lowest BCUT2D eigenvalue weighted by Gasteiger charge is -2.12. The summed E-state index contributed by atoms with van der Waals surface area (Å²) in [6.07, 6.45) is 0. The Bertz CT molecular complexity index is 783. The summed E-state index contributed by atoms with van der Waals surface area (Å²) in [5.41, 5.74) is 4.54. The molecule has 0 saturated carbocycles. The molecule has 2 aromatic carbocycles. The molecule has 106 valence electrons. The summed E-state index contributed by atoms with van der Waals surface area (Å²) in [6, 6.07) is 17.9. The summed E-state index contributed by atoms with van der Waals surface area (Å²) in [5, 5.41) is 0. The van der Waals surface area contributed by atoms with Gasteiger partial charge in [0.2, 0.25) is 0 Å². The zero-order valence-corrected chi connectivity index (χ0v) is 12.1. The number of aromatic amines is 2. The second-order valence-electron chi connectivity index (χ2n) is 5.14. The average Bonchev–Trinajstić information content (AvgIpc) is 2.90. The molecule has 4 nitrogen and oxygen atoms in total. The monoisotopic (exact) mass is 279 g/mol. The fourth-order valence-electron chi connectivity index (χ4n) is 2.35. The van der Waals surface area contributed by atoms with Crippen molar-refractivity contribution in [2.75, 3.05) is 19.0 Å². The van der Waals surface area contributed by atoms with Crippen molar-refractivity contribution in [1.82, 2.24) is 9.97 Å². The summed E-state index contributed by atoms with van der Waals surface area (Å²) in [6.45, 7) is 0. The summed E-state index contributed by atoms with van der Waals surface area (Å²) < 4.78 is 0. The fourth-order valence-corrected chi connectivity index (χ4v) is 2.35. The molecule has 0 unspecified atom stereocenters. The summed E-state index contributed by atoms with van der Waals surface area (Å²) >= 11 is 0. The number of hydrogen-bond donors (Lipinski definition) is 2. The van der Waals surface area contributed by atoms with E-state index in [4.69, 9.17) is 0 Å². The average molecular weight is 279 g/mol. The quantitative estimate of drug-likeness (QED) is 0.774. The molecule has 0 aliphatic carbocycles. The molecule has 0 saturated heterocycles. The Kier molecular flexibility index (Phi) is 3.36. The van der Waals surface area contributed by atoms with Crippen LogP contribution in [-0.4, -0.2) is 24.1 Å². The van der Waals surface area contributed by atoms with Gasteiger partial charge in [-0.1, -0.05) is 42.5 Å². The van der Waals surface area contributed by atoms with E-state index in [1.807, 2.05) is 73.6 Å². The van der Waals surface area contributed by atoms with E-state index in [-0.39, 0.29) is 5.69 Å². The van der Waals surface area contributed by atoms with Crippen molar-refractivity contribution in [2.45, 2.75) is 0 Å². The molecule has 0 amide bonds. The third-order valence-electron chi connectivity index (χ3n) is 3.46. The lowest BCUT2D eigenvalue weighted by Crippen LogP contribution is -2.07. The van der Waals surface area contributed by atoms with Crippen LogP contribution in [0.25, 0.3) is 22.5 Å². The van der Waals surface area contributed by atoms with Crippen LogP contribution in [0.4, 0.5) is 5.69 Å². The Morgan fingerprint density at radius 1 is 0.762 bits per heavy atom. The molecule has 0 radical (unpaired) electrons. The molecule has 3 rings (SSSR count). The number of hydrogen-bond acceptors (Lipinski definition) is 2. The Balaban J connectivity index is 2.09. The summed E-state index contributed by atoms with van der Waals surface area (Å²) in [5.74, 6) is 0. The van der Waals surface area contributed by atoms with Crippen molar-refractivity contribution in [1.29, 1.82) is 0 Å². The third kappa shape index (κ3) is 2.60. The normalized spacial score (nSPS) is 10.6. The molecule has 4 heteroatoms. The van der Waals surface area contributed by atoms with E-state index < -0.39 is 0 Å². The molecule has 1 aromatic heterocycles. The van der Waals surface area contributed by atoms with Crippen molar-refractivity contribution in [3.63, 3.8) is 0 Å². The second-order valence-corrected chi connectivity index (χ2v) is 5.14. The van der Waals surface area contributed by atoms with Gasteiger partial charge in [-0.2, -0.15) is 0 Å². The van der Waals surface area contributed by atoms with Crippen molar-refractivity contribution in [3.05, 3.63) is 65.1 Å². The van der Waals surface area contributed by atoms with Crippen LogP contribution < -0.4 is 10.6 Å². The Labute approximate surface area is 123 Å². The van der Waals surface area contributed by atoms with Crippen LogP contribution in [0.15, 0.2) is 59.4 Å². The zero-order chi connectivity index (χ0) is 14.8. The number of anilines is 1. The molecule has 0 spiro atoms. The van der Waals surface area contributed by atoms with Crippen LogP contribution >= 0.6 is 0 Å². The molecule has 0 bridgehead atoms. The molecule has 0 aliphatic rings. The topological polar surface area (TPSA) is 51.9 Å². The first-order valence-corrected chi connectivity index (χ1v) is 6.80. The number of rotatable bonds is 3. The first-order chi connectivity index (χ1) is 10.1. The molecule has 1 heterocycles. The predicted octanol–water partition coefficient (Wildman–Crippen LogP) is 3.10. The highest BCUT2D eigenvalue weighted by Gasteiger charge is 2.11. The van der Waals surface area contributed by atoms with Crippen molar-refractivity contribution < 1.29 is 0 Å². The smallest absolute Gasteiger partial charge is 0.323 e. The van der Waals surface area contributed by atoms with E-state index in [9.17, 15) is 4.79 Å². The van der Waals surface area contributed by atoms with Gasteiger partial charge in [0.15, 0.2) is 0 Å². The number of nitrogens with zero attached hydrogens (tertiary/aromatic N) is 1. The maximum atomic E-state index is 11.7. The van der Waals surface area contributed by atoms with Gasteiger partial charge in [0, 0.05) is 30.9 Å². The minimum atomic E-state index is -0.194. The van der Waals surface area contributed by atoms with Gasteiger partial charge in [-0.05, 0) is 12.1 Å². The molecule has 2 N–H and O–H groups in total. The molecule has 0 atom stereocenters. The van der Waals surface area contributed by atoms with Crippen LogP contribution in [0.3, 0.4) is 0 Å². The van der Waals surface area contributed by atoms with E-state index in [0.717, 1.165) is 28.2 Å². The largest absolute Gasteiger partial charge is 0.378 e. The maximum Gasteiger partial charge on any atom is 0.323 e. The van der Waals surface area contributed by atoms with Crippen LogP contribution in [0, 0.1) is 0 Å². The Morgan fingerprint density at radius 2 is 1.29 bits per heavy atom. The predicted molar refractivity (Wildman–Crippen MR) is 86.6 cm³/mol. The molecule has 21 heavy (non-hydrogen) atoms. The summed E-state index contributed by atoms with van der Waals surface area (Å²) in [4.78, 5) is 19.5. The van der Waals surface area contributed by atoms with Crippen LogP contribution in [0.1, 0.15) is 0 Å². The maximum absolute atomic E-state index is 11.7. The molecule has 0 aliphatic heterocycles. The minimum Gasteiger partial charge on any atom is -0.378 e. The van der Waals surface area contributed by atoms with Crippen LogP contribution in [0.5, 0.6) is 0 Å². The highest BCUT2D eigenvalue weighted by molar-refractivity contribution is 5.78. The SMILES string of the molecule is CN(C)c1ccc(-c2[nH]c(=O)[nH]c2-c2ccccc2)cc1. The van der Waals surface area contributed by atoms with Gasteiger partial charge in [0.1, 0.15) is 0 Å². The number of imidazole rings is 1. The van der Waals surface area contributed by atoms with Gasteiger partial charge in [0.05, 0.1) is 11.4 Å². The van der Waals surface area contributed by atoms with Crippen molar-refractivity contribution in [3.8, 4) is 22.5 Å². The van der Waals surface area contributed by atoms with Gasteiger partial charge < -0.3 is 14.9 Å². The molecular formula is C17H17N3O. The van der Waals surface area contributed by atoms with Gasteiger partial charge >= 0.3 is 5.69 Å². The van der Waals surface area contributed by atoms with E-state index in [2.05, 4.69) is 9.97 Å². The highest BCUT2D eigenvalue weighted by atomic mass is 16.1. The Hall–Kier alpha value is -2.75. The van der Waals surface area contributed by atoms with E-state index in [0.29, 0.717) is 0 Å². The highest BCUT2D eigenvalue weighted by Crippen LogP contribution is 2.28. The first kappa shape index (κ1) is 13.2. The number of benzene rings is 2. The lowest BCUT2D eigenvalue weighted by atomic mass is 10.0. The number of nitrogens with one attached hydrogen (secondary N) is 2. The van der Waals surface area contributed by atoms with Crippen molar-refractivity contribution >= 4 is 5.69 Å². The van der Waals surface area contributed by atoms with Gasteiger partial charge in [0.25, 0.3) is 0 Å². The van der Waals surface area contributed by atoms with E-state index in [1.165, 1.54) is 0 Å². The first-order valence-electron chi connectivity index (χ1n) is 6.80. The van der Waals surface area contributed by atoms with Gasteiger partial charge in [-0.15, -0.1) is 0 Å². The number of H-pyrrole nitrogens is 2. The minimum absolute atomic E-state index is 0.194. The standard InChI is InChI=1S/C17H17N3O/c1-20(2)14-10-8-13(9-11-14)16-15(18-17(21)19-16)12-6-4-3-5-7-12/h3-11H,1-2H3,(H2,18,19,21). The molecule has 0 fully saturated rings. The van der Waals surface area contributed by atoms with E-state index >= 15 is 0 Å². The van der Waals surface area contributed by atoms with Crippen molar-refractivity contribution in [2.24, 2.45) is 0 Å². The van der Waals surface area contributed by atoms with E-state index in [1.54, 1.807) is 0 Å². The van der Waals surface area contributed by atoms with Gasteiger partial charge in [-0.3, -0.25) is 0 Å². The van der Waals surface area contributed by atoms with Crippen LogP contribution in [0.2, 0.25) is 0 Å². The van der Waals surface area contributed by atoms with Crippen LogP contribution in [-0.2, 0) is 0 Å². The summed E-state index contributed by atoms with van der Waals surface area (Å²) in [7, 11) is 4.01. The number of aromatic nitrogens is 2. The Morgan fingerprint density at radius 3 is 1.81 bits per heavy atom. The molecular weight excluding hydrogens is 262 g/mol. The fraction of sp³-hybridized carbons (Fsp3) is 0.118. The van der Waals surface area contributed by atoms with Gasteiger partial charge in [-0.25, -0.2) is 4.79 Å². The third-order valence-corrected chi connectivity index (χ3v) is 3.46. The zero-order valence-electron chi connectivity index (χ0n) is 12.1. The second kappa shape index (κ2) is 5.32.